The van der Waals surface area contributed by atoms with E-state index in [-0.39, 0.29) is 11.8 Å². The zero-order valence-corrected chi connectivity index (χ0v) is 10.4. The molecule has 0 saturated heterocycles. The average Bonchev–Trinajstić information content (AvgIpc) is 2.16. The average molecular weight is 271 g/mol. The Balaban J connectivity index is 2.66. The van der Waals surface area contributed by atoms with Gasteiger partial charge >= 0.3 is 0 Å². The molecule has 0 saturated carbocycles. The molecule has 0 aliphatic carbocycles. The zero-order chi connectivity index (χ0) is 11.4. The van der Waals surface area contributed by atoms with Gasteiger partial charge in [-0.15, -0.1) is 0 Å². The van der Waals surface area contributed by atoms with E-state index >= 15 is 0 Å². The lowest BCUT2D eigenvalue weighted by atomic mass is 10.1. The quantitative estimate of drug-likeness (QED) is 0.886. The second kappa shape index (κ2) is 5.28. The molecule has 15 heavy (non-hydrogen) atoms. The maximum absolute atomic E-state index is 11.6. The summed E-state index contributed by atoms with van der Waals surface area (Å²) in [6.07, 6.45) is 0. The van der Waals surface area contributed by atoms with E-state index in [0.29, 0.717) is 0 Å². The van der Waals surface area contributed by atoms with Crippen molar-refractivity contribution >= 4 is 27.5 Å². The molecule has 0 heterocycles. The zero-order valence-electron chi connectivity index (χ0n) is 8.83. The summed E-state index contributed by atoms with van der Waals surface area (Å²) in [6.45, 7) is 3.84. The van der Waals surface area contributed by atoms with Crippen LogP contribution in [0.1, 0.15) is 13.8 Å². The molecule has 1 amide bonds. The SMILES string of the molecule is CC(C)[C@H](N)C(=O)Nc1cccc(Br)c1. The predicted molar refractivity (Wildman–Crippen MR) is 65.6 cm³/mol. The molecule has 4 heteroatoms. The Labute approximate surface area is 98.2 Å². The third kappa shape index (κ3) is 3.64. The lowest BCUT2D eigenvalue weighted by molar-refractivity contribution is -0.118. The van der Waals surface area contributed by atoms with Crippen molar-refractivity contribution in [1.29, 1.82) is 0 Å². The van der Waals surface area contributed by atoms with E-state index in [9.17, 15) is 4.79 Å². The normalized spacial score (nSPS) is 12.6. The van der Waals surface area contributed by atoms with Gasteiger partial charge in [0.15, 0.2) is 0 Å². The molecule has 0 aliphatic heterocycles. The Morgan fingerprint density at radius 2 is 2.13 bits per heavy atom. The van der Waals surface area contributed by atoms with Crippen LogP contribution >= 0.6 is 15.9 Å². The van der Waals surface area contributed by atoms with Crippen LogP contribution in [0.5, 0.6) is 0 Å². The second-order valence-electron chi connectivity index (χ2n) is 3.77. The molecule has 82 valence electrons. The van der Waals surface area contributed by atoms with Crippen molar-refractivity contribution in [3.05, 3.63) is 28.7 Å². The van der Waals surface area contributed by atoms with Crippen LogP contribution in [0.25, 0.3) is 0 Å². The first-order valence-electron chi connectivity index (χ1n) is 4.82. The molecule has 1 atom stereocenters. The van der Waals surface area contributed by atoms with Gasteiger partial charge in [-0.1, -0.05) is 35.8 Å². The molecule has 1 aromatic carbocycles. The maximum atomic E-state index is 11.6. The fourth-order valence-electron chi connectivity index (χ4n) is 1.09. The van der Waals surface area contributed by atoms with Crippen molar-refractivity contribution in [2.24, 2.45) is 11.7 Å². The van der Waals surface area contributed by atoms with Crippen LogP contribution in [0, 0.1) is 5.92 Å². The molecule has 0 bridgehead atoms. The number of anilines is 1. The van der Waals surface area contributed by atoms with Gasteiger partial charge in [0.2, 0.25) is 5.91 Å². The highest BCUT2D eigenvalue weighted by atomic mass is 79.9. The fourth-order valence-corrected chi connectivity index (χ4v) is 1.49. The summed E-state index contributed by atoms with van der Waals surface area (Å²) in [7, 11) is 0. The van der Waals surface area contributed by atoms with Gasteiger partial charge in [0.1, 0.15) is 0 Å². The molecular weight excluding hydrogens is 256 g/mol. The molecule has 0 fully saturated rings. The van der Waals surface area contributed by atoms with Crippen LogP contribution in [0.4, 0.5) is 5.69 Å². The summed E-state index contributed by atoms with van der Waals surface area (Å²) < 4.78 is 0.929. The third-order valence-corrected chi connectivity index (χ3v) is 2.61. The molecule has 0 aliphatic rings. The number of hydrogen-bond acceptors (Lipinski definition) is 2. The molecule has 0 spiro atoms. The van der Waals surface area contributed by atoms with E-state index in [4.69, 9.17) is 5.73 Å². The highest BCUT2D eigenvalue weighted by Gasteiger charge is 2.16. The summed E-state index contributed by atoms with van der Waals surface area (Å²) >= 11 is 3.34. The summed E-state index contributed by atoms with van der Waals surface area (Å²) in [5.74, 6) is -0.0137. The minimum atomic E-state index is -0.469. The van der Waals surface area contributed by atoms with Gasteiger partial charge in [0.25, 0.3) is 0 Å². The topological polar surface area (TPSA) is 55.1 Å². The monoisotopic (exact) mass is 270 g/mol. The van der Waals surface area contributed by atoms with E-state index < -0.39 is 6.04 Å². The maximum Gasteiger partial charge on any atom is 0.241 e. The van der Waals surface area contributed by atoms with Crippen molar-refractivity contribution < 1.29 is 4.79 Å². The summed E-state index contributed by atoms with van der Waals surface area (Å²) in [6, 6.07) is 6.96. The summed E-state index contributed by atoms with van der Waals surface area (Å²) in [5.41, 5.74) is 6.48. The lowest BCUT2D eigenvalue weighted by Crippen LogP contribution is -2.39. The number of nitrogens with one attached hydrogen (secondary N) is 1. The van der Waals surface area contributed by atoms with Gasteiger partial charge in [0.05, 0.1) is 6.04 Å². The van der Waals surface area contributed by atoms with Gasteiger partial charge < -0.3 is 11.1 Å². The van der Waals surface area contributed by atoms with Crippen LogP contribution < -0.4 is 11.1 Å². The Bertz CT molecular complexity index is 352. The molecule has 0 unspecified atom stereocenters. The lowest BCUT2D eigenvalue weighted by Gasteiger charge is -2.15. The Morgan fingerprint density at radius 1 is 1.47 bits per heavy atom. The molecular formula is C11H15BrN2O. The summed E-state index contributed by atoms with van der Waals surface area (Å²) in [5, 5.41) is 2.77. The Hall–Kier alpha value is -0.870. The molecule has 3 nitrogen and oxygen atoms in total. The highest BCUT2D eigenvalue weighted by molar-refractivity contribution is 9.10. The molecule has 0 aromatic heterocycles. The van der Waals surface area contributed by atoms with Gasteiger partial charge in [-0.2, -0.15) is 0 Å². The van der Waals surface area contributed by atoms with Gasteiger partial charge in [-0.3, -0.25) is 4.79 Å². The second-order valence-corrected chi connectivity index (χ2v) is 4.69. The number of nitrogens with two attached hydrogens (primary N) is 1. The first kappa shape index (κ1) is 12.2. The Morgan fingerprint density at radius 3 is 2.67 bits per heavy atom. The minimum absolute atomic E-state index is 0.136. The largest absolute Gasteiger partial charge is 0.325 e. The standard InChI is InChI=1S/C11H15BrN2O/c1-7(2)10(13)11(15)14-9-5-3-4-8(12)6-9/h3-7,10H,13H2,1-2H3,(H,14,15)/t10-/m0/s1. The van der Waals surface area contributed by atoms with Gasteiger partial charge in [-0.25, -0.2) is 0 Å². The number of hydrogen-bond donors (Lipinski definition) is 2. The van der Waals surface area contributed by atoms with Crippen molar-refractivity contribution in [3.8, 4) is 0 Å². The van der Waals surface area contributed by atoms with Crippen LogP contribution in [0.3, 0.4) is 0 Å². The number of rotatable bonds is 3. The van der Waals surface area contributed by atoms with Crippen LogP contribution in [0.15, 0.2) is 28.7 Å². The van der Waals surface area contributed by atoms with Crippen LogP contribution in [-0.4, -0.2) is 11.9 Å². The molecule has 1 aromatic rings. The van der Waals surface area contributed by atoms with E-state index in [1.807, 2.05) is 38.1 Å². The molecule has 1 rings (SSSR count). The molecule has 0 radical (unpaired) electrons. The number of amides is 1. The van der Waals surface area contributed by atoms with Gasteiger partial charge in [-0.05, 0) is 24.1 Å². The van der Waals surface area contributed by atoms with Crippen LogP contribution in [-0.2, 0) is 4.79 Å². The predicted octanol–water partition coefficient (Wildman–Crippen LogP) is 2.37. The van der Waals surface area contributed by atoms with E-state index in [1.54, 1.807) is 0 Å². The Kier molecular flexibility index (Phi) is 4.29. The fraction of sp³-hybridized carbons (Fsp3) is 0.364. The van der Waals surface area contributed by atoms with E-state index in [2.05, 4.69) is 21.2 Å². The van der Waals surface area contributed by atoms with E-state index in [0.717, 1.165) is 10.2 Å². The van der Waals surface area contributed by atoms with Crippen LogP contribution in [0.2, 0.25) is 0 Å². The van der Waals surface area contributed by atoms with Crippen molar-refractivity contribution in [3.63, 3.8) is 0 Å². The minimum Gasteiger partial charge on any atom is -0.325 e. The third-order valence-electron chi connectivity index (χ3n) is 2.11. The summed E-state index contributed by atoms with van der Waals surface area (Å²) in [4.78, 5) is 11.6. The number of halogens is 1. The van der Waals surface area contributed by atoms with Crippen molar-refractivity contribution in [2.75, 3.05) is 5.32 Å². The smallest absolute Gasteiger partial charge is 0.241 e. The highest BCUT2D eigenvalue weighted by Crippen LogP contribution is 2.16. The molecule has 3 N–H and O–H groups in total. The number of carbonyl (C=O) groups excluding carboxylic acids is 1. The first-order chi connectivity index (χ1) is 7.00. The number of benzene rings is 1. The van der Waals surface area contributed by atoms with Gasteiger partial charge in [0, 0.05) is 10.2 Å². The number of carbonyl (C=O) groups is 1. The van der Waals surface area contributed by atoms with Crippen molar-refractivity contribution in [1.82, 2.24) is 0 Å². The van der Waals surface area contributed by atoms with Crippen molar-refractivity contribution in [2.45, 2.75) is 19.9 Å². The first-order valence-corrected chi connectivity index (χ1v) is 5.62. The van der Waals surface area contributed by atoms with E-state index in [1.165, 1.54) is 0 Å².